The molecular weight excluding hydrogens is 453 g/mol. The molecule has 0 aromatic carbocycles. The Bertz CT molecular complexity index is 179. The summed E-state index contributed by atoms with van der Waals surface area (Å²) in [6, 6.07) is 0. The number of hydrogen-bond acceptors (Lipinski definition) is 8. The maximum absolute atomic E-state index is 4.66. The summed E-state index contributed by atoms with van der Waals surface area (Å²) < 4.78 is 0.333. The zero-order valence-electron chi connectivity index (χ0n) is 11.6. The Balaban J connectivity index is -0.0000000150. The van der Waals surface area contributed by atoms with Crippen LogP contribution in [0.25, 0.3) is 0 Å². The van der Waals surface area contributed by atoms with Crippen molar-refractivity contribution in [3.63, 3.8) is 0 Å². The molecule has 0 unspecified atom stereocenters. The first-order valence-corrected chi connectivity index (χ1v) is 6.05. The van der Waals surface area contributed by atoms with E-state index in [4.69, 9.17) is 0 Å². The molecule has 0 saturated carbocycles. The summed E-state index contributed by atoms with van der Waals surface area (Å²) in [5.74, 6) is 0. The number of nitrogens with two attached hydrogens (primary N) is 4. The van der Waals surface area contributed by atoms with E-state index in [1.807, 2.05) is 0 Å². The minimum Gasteiger partial charge on any atom is -0.415 e. The molecule has 16 heteroatoms. The minimum atomic E-state index is 0. The van der Waals surface area contributed by atoms with Gasteiger partial charge in [-0.3, -0.25) is 0 Å². The summed E-state index contributed by atoms with van der Waals surface area (Å²) in [6.07, 6.45) is 0. The topological polar surface area (TPSA) is 104 Å². The fourth-order valence-corrected chi connectivity index (χ4v) is 0. The molecule has 96 valence electrons. The van der Waals surface area contributed by atoms with Crippen molar-refractivity contribution >= 4 is 117 Å². The van der Waals surface area contributed by atoms with Gasteiger partial charge in [-0.25, -0.2) is 0 Å². The van der Waals surface area contributed by atoms with Crippen molar-refractivity contribution < 1.29 is 118 Å². The molecule has 0 aromatic heterocycles. The molecule has 0 radical (unpaired) electrons. The van der Waals surface area contributed by atoms with Crippen LogP contribution in [0.2, 0.25) is 0 Å². The molecule has 0 fully saturated rings. The molecule has 0 saturated heterocycles. The van der Waals surface area contributed by atoms with Crippen LogP contribution >= 0.6 is 48.9 Å². The summed E-state index contributed by atoms with van der Waals surface area (Å²) >= 11 is 33.0. The maximum atomic E-state index is 4.66. The van der Waals surface area contributed by atoms with E-state index < -0.39 is 0 Å². The van der Waals surface area contributed by atoms with Crippen LogP contribution in [0, 0.1) is 0 Å². The van der Waals surface area contributed by atoms with Crippen LogP contribution in [-0.2, 0) is 50.5 Å². The van der Waals surface area contributed by atoms with Crippen molar-refractivity contribution in [2.24, 2.45) is 22.9 Å². The second-order valence-electron chi connectivity index (χ2n) is 1.28. The summed E-state index contributed by atoms with van der Waals surface area (Å²) in [7, 11) is 0. The Morgan fingerprint density at radius 2 is 0.450 bits per heavy atom. The van der Waals surface area contributed by atoms with E-state index in [0.29, 0.717) is 0 Å². The molecule has 0 aromatic rings. The van der Waals surface area contributed by atoms with Gasteiger partial charge in [0.1, 0.15) is 0 Å². The van der Waals surface area contributed by atoms with Crippen LogP contribution in [-0.4, -0.2) is 17.3 Å². The van der Waals surface area contributed by atoms with Crippen LogP contribution in [0.3, 0.4) is 0 Å². The van der Waals surface area contributed by atoms with Crippen molar-refractivity contribution in [1.82, 2.24) is 0 Å². The summed E-state index contributed by atoms with van der Waals surface area (Å²) in [4.78, 5) is 0. The van der Waals surface area contributed by atoms with Gasteiger partial charge in [0.2, 0.25) is 0 Å². The zero-order valence-corrected chi connectivity index (χ0v) is 26.1. The molecule has 0 atom stereocenters. The van der Waals surface area contributed by atoms with Crippen LogP contribution in [0.1, 0.15) is 0 Å². The van der Waals surface area contributed by atoms with Crippen LogP contribution in [0.5, 0.6) is 0 Å². The Kier molecular flexibility index (Phi) is 108. The van der Waals surface area contributed by atoms with Gasteiger partial charge in [0, 0.05) is 0 Å². The zero-order chi connectivity index (χ0) is 14.3. The molecule has 0 amide bonds. The van der Waals surface area contributed by atoms with Gasteiger partial charge >= 0.3 is 118 Å². The van der Waals surface area contributed by atoms with Crippen molar-refractivity contribution in [2.45, 2.75) is 0 Å². The van der Waals surface area contributed by atoms with Gasteiger partial charge in [-0.05, 0) is 0 Å². The van der Waals surface area contributed by atoms with Crippen molar-refractivity contribution in [1.29, 1.82) is 0 Å². The van der Waals surface area contributed by atoms with Crippen LogP contribution in [0.15, 0.2) is 0 Å². The molecule has 4 nitrogen and oxygen atoms in total. The van der Waals surface area contributed by atoms with E-state index in [1.165, 1.54) is 0 Å². The Hall–Kier alpha value is 4.44. The monoisotopic (exact) mass is 460 g/mol. The van der Waals surface area contributed by atoms with Crippen molar-refractivity contribution in [3.8, 4) is 0 Å². The predicted molar refractivity (Wildman–Crippen MR) is 96.6 cm³/mol. The Morgan fingerprint density at radius 1 is 0.450 bits per heavy atom. The SMILES string of the molecule is NC(=S)[S-].NC(=S)[S-].NC(=S)[S-].NC(=S)[S-].[Na+].[Na+].[Na+].[Na+]. The first kappa shape index (κ1) is 49.7. The summed E-state index contributed by atoms with van der Waals surface area (Å²) in [5.41, 5.74) is 18.6. The van der Waals surface area contributed by atoms with Gasteiger partial charge in [0.25, 0.3) is 0 Å². The van der Waals surface area contributed by atoms with E-state index in [2.05, 4.69) is 122 Å². The first-order chi connectivity index (χ1) is 6.93. The van der Waals surface area contributed by atoms with Crippen LogP contribution < -0.4 is 141 Å². The number of hydrogen-bond donors (Lipinski definition) is 4. The third kappa shape index (κ3) is 523. The third-order valence-electron chi connectivity index (χ3n) is 0. The molecule has 0 bridgehead atoms. The predicted octanol–water partition coefficient (Wildman–Crippen LogP) is -12.9. The molecule has 8 N–H and O–H groups in total. The van der Waals surface area contributed by atoms with Gasteiger partial charge in [-0.1, -0.05) is 17.3 Å². The molecule has 0 rings (SSSR count). The van der Waals surface area contributed by atoms with Gasteiger partial charge in [-0.15, -0.1) is 0 Å². The number of rotatable bonds is 0. The number of thiocarbonyl (C=S) groups is 4. The summed E-state index contributed by atoms with van der Waals surface area (Å²) in [6.45, 7) is 0. The fraction of sp³-hybridized carbons (Fsp3) is 0. The van der Waals surface area contributed by atoms with Gasteiger partial charge in [0.05, 0.1) is 0 Å². The van der Waals surface area contributed by atoms with E-state index in [-0.39, 0.29) is 136 Å². The molecule has 0 aliphatic carbocycles. The van der Waals surface area contributed by atoms with Crippen LogP contribution in [0.4, 0.5) is 0 Å². The molecule has 0 aliphatic heterocycles. The van der Waals surface area contributed by atoms with Crippen molar-refractivity contribution in [2.75, 3.05) is 0 Å². The third-order valence-corrected chi connectivity index (χ3v) is 0. The molecule has 0 spiro atoms. The van der Waals surface area contributed by atoms with Gasteiger partial charge in [0.15, 0.2) is 0 Å². The van der Waals surface area contributed by atoms with E-state index in [9.17, 15) is 0 Å². The second kappa shape index (κ2) is 43.7. The standard InChI is InChI=1S/4CH3NS2.4Na/c4*2-1(3)4;;;;/h4*(H3,2,3,4);;;;/q;;;;4*+1/p-4. The average Bonchev–Trinajstić information content (AvgIpc) is 1.76. The average molecular weight is 461 g/mol. The van der Waals surface area contributed by atoms with E-state index >= 15 is 0 Å². The van der Waals surface area contributed by atoms with Gasteiger partial charge < -0.3 is 122 Å². The Labute approximate surface area is 252 Å². The molecular formula is C4H8N4Na4S8. The maximum Gasteiger partial charge on any atom is 1.00 e. The van der Waals surface area contributed by atoms with E-state index in [1.54, 1.807) is 0 Å². The molecule has 20 heavy (non-hydrogen) atoms. The Morgan fingerprint density at radius 3 is 0.450 bits per heavy atom. The second-order valence-corrected chi connectivity index (χ2v) is 5.83. The van der Waals surface area contributed by atoms with Crippen molar-refractivity contribution in [3.05, 3.63) is 0 Å². The minimum absolute atomic E-state index is 0. The normalized spacial score (nSPS) is 4.80. The molecule has 0 heterocycles. The fourth-order valence-electron chi connectivity index (χ4n) is 0. The van der Waals surface area contributed by atoms with Gasteiger partial charge in [-0.2, -0.15) is 0 Å². The first-order valence-electron chi connectivity index (χ1n) is 2.79. The quantitative estimate of drug-likeness (QED) is 0.157. The molecule has 0 aliphatic rings. The largest absolute Gasteiger partial charge is 1.00 e. The summed E-state index contributed by atoms with van der Waals surface area (Å²) in [5, 5.41) is 0. The smallest absolute Gasteiger partial charge is 0.415 e. The van der Waals surface area contributed by atoms with E-state index in [0.717, 1.165) is 0 Å².